The zero-order chi connectivity index (χ0) is 19.9. The van der Waals surface area contributed by atoms with Gasteiger partial charge in [0.1, 0.15) is 11.4 Å². The Bertz CT molecular complexity index is 905. The minimum atomic E-state index is -0.409. The molecule has 0 aliphatic carbocycles. The van der Waals surface area contributed by atoms with Crippen molar-refractivity contribution in [3.05, 3.63) is 66.4 Å². The minimum absolute atomic E-state index is 0.212. The number of para-hydroxylation sites is 1. The van der Waals surface area contributed by atoms with Gasteiger partial charge in [0.15, 0.2) is 0 Å². The van der Waals surface area contributed by atoms with Crippen LogP contribution >= 0.6 is 0 Å². The van der Waals surface area contributed by atoms with Crippen molar-refractivity contribution in [3.63, 3.8) is 0 Å². The number of ether oxygens (including phenoxy) is 1. The SMILES string of the molecule is CC[C@H](O)CCNC(=O)c1cn(-c2ccccc2)nc1-c1ccc(OC)cc1. The first-order valence-corrected chi connectivity index (χ1v) is 9.38. The number of aromatic nitrogens is 2. The molecule has 0 fully saturated rings. The summed E-state index contributed by atoms with van der Waals surface area (Å²) in [5, 5.41) is 17.2. The van der Waals surface area contributed by atoms with Gasteiger partial charge in [-0.15, -0.1) is 0 Å². The van der Waals surface area contributed by atoms with E-state index >= 15 is 0 Å². The highest BCUT2D eigenvalue weighted by Crippen LogP contribution is 2.26. The molecule has 0 saturated carbocycles. The van der Waals surface area contributed by atoms with E-state index in [4.69, 9.17) is 4.74 Å². The van der Waals surface area contributed by atoms with E-state index in [1.807, 2.05) is 61.5 Å². The summed E-state index contributed by atoms with van der Waals surface area (Å²) in [5.41, 5.74) is 2.78. The van der Waals surface area contributed by atoms with Crippen molar-refractivity contribution in [1.29, 1.82) is 0 Å². The normalized spacial score (nSPS) is 11.8. The van der Waals surface area contributed by atoms with Crippen LogP contribution in [-0.2, 0) is 0 Å². The van der Waals surface area contributed by atoms with Gasteiger partial charge in [0.25, 0.3) is 5.91 Å². The number of aliphatic hydroxyl groups excluding tert-OH is 1. The Hall–Kier alpha value is -3.12. The minimum Gasteiger partial charge on any atom is -0.497 e. The molecule has 0 aliphatic heterocycles. The molecule has 3 rings (SSSR count). The Kier molecular flexibility index (Phi) is 6.45. The molecule has 1 aromatic heterocycles. The topological polar surface area (TPSA) is 76.4 Å². The molecule has 0 aliphatic rings. The number of nitrogens with zero attached hydrogens (tertiary/aromatic N) is 2. The van der Waals surface area contributed by atoms with Crippen molar-refractivity contribution in [3.8, 4) is 22.7 Å². The Morgan fingerprint density at radius 2 is 1.89 bits per heavy atom. The number of rotatable bonds is 8. The van der Waals surface area contributed by atoms with Gasteiger partial charge in [-0.2, -0.15) is 5.10 Å². The number of carbonyl (C=O) groups excluding carboxylic acids is 1. The molecule has 0 spiro atoms. The largest absolute Gasteiger partial charge is 0.497 e. The Balaban J connectivity index is 1.91. The lowest BCUT2D eigenvalue weighted by atomic mass is 10.1. The molecular formula is C22H25N3O3. The van der Waals surface area contributed by atoms with E-state index < -0.39 is 6.10 Å². The highest BCUT2D eigenvalue weighted by Gasteiger charge is 2.19. The summed E-state index contributed by atoms with van der Waals surface area (Å²) in [7, 11) is 1.61. The van der Waals surface area contributed by atoms with Crippen LogP contribution in [-0.4, -0.2) is 40.6 Å². The smallest absolute Gasteiger partial charge is 0.255 e. The van der Waals surface area contributed by atoms with Crippen molar-refractivity contribution in [1.82, 2.24) is 15.1 Å². The molecule has 28 heavy (non-hydrogen) atoms. The average Bonchev–Trinajstić information content (AvgIpc) is 3.20. The highest BCUT2D eigenvalue weighted by atomic mass is 16.5. The fraction of sp³-hybridized carbons (Fsp3) is 0.273. The van der Waals surface area contributed by atoms with Crippen molar-refractivity contribution >= 4 is 5.91 Å². The summed E-state index contributed by atoms with van der Waals surface area (Å²) in [6.45, 7) is 2.32. The molecule has 6 nitrogen and oxygen atoms in total. The maximum Gasteiger partial charge on any atom is 0.255 e. The van der Waals surface area contributed by atoms with Crippen LogP contribution in [0.15, 0.2) is 60.8 Å². The number of methoxy groups -OCH3 is 1. The number of nitrogens with one attached hydrogen (secondary N) is 1. The third kappa shape index (κ3) is 4.58. The Morgan fingerprint density at radius 3 is 2.54 bits per heavy atom. The number of aliphatic hydroxyl groups is 1. The summed E-state index contributed by atoms with van der Waals surface area (Å²) in [4.78, 5) is 12.8. The van der Waals surface area contributed by atoms with Gasteiger partial charge in [-0.05, 0) is 49.2 Å². The number of carbonyl (C=O) groups is 1. The van der Waals surface area contributed by atoms with Crippen LogP contribution in [0.5, 0.6) is 5.75 Å². The van der Waals surface area contributed by atoms with Gasteiger partial charge in [0.05, 0.1) is 24.5 Å². The molecule has 6 heteroatoms. The second kappa shape index (κ2) is 9.19. The maximum absolute atomic E-state index is 12.8. The lowest BCUT2D eigenvalue weighted by Crippen LogP contribution is -2.27. The highest BCUT2D eigenvalue weighted by molar-refractivity contribution is 5.99. The zero-order valence-electron chi connectivity index (χ0n) is 16.1. The van der Waals surface area contributed by atoms with E-state index in [2.05, 4.69) is 10.4 Å². The fourth-order valence-corrected chi connectivity index (χ4v) is 2.87. The van der Waals surface area contributed by atoms with Crippen LogP contribution < -0.4 is 10.1 Å². The van der Waals surface area contributed by atoms with E-state index in [1.54, 1.807) is 18.0 Å². The second-order valence-corrected chi connectivity index (χ2v) is 6.51. The molecule has 3 aromatic rings. The predicted molar refractivity (Wildman–Crippen MR) is 109 cm³/mol. The number of benzene rings is 2. The number of amides is 1. The standard InChI is InChI=1S/C22H25N3O3/c1-3-18(26)13-14-23-22(27)20-15-25(17-7-5-4-6-8-17)24-21(20)16-9-11-19(28-2)12-10-16/h4-12,15,18,26H,3,13-14H2,1-2H3,(H,23,27)/t18-/m0/s1. The van der Waals surface area contributed by atoms with Crippen LogP contribution in [0.4, 0.5) is 0 Å². The lowest BCUT2D eigenvalue weighted by Gasteiger charge is -2.09. The molecule has 2 N–H and O–H groups in total. The molecule has 1 atom stereocenters. The van der Waals surface area contributed by atoms with Crippen LogP contribution in [0, 0.1) is 0 Å². The van der Waals surface area contributed by atoms with E-state index in [1.165, 1.54) is 0 Å². The third-order valence-electron chi connectivity index (χ3n) is 4.58. The Labute approximate surface area is 164 Å². The lowest BCUT2D eigenvalue weighted by molar-refractivity contribution is 0.0942. The van der Waals surface area contributed by atoms with E-state index in [0.717, 1.165) is 17.0 Å². The van der Waals surface area contributed by atoms with Gasteiger partial charge in [0.2, 0.25) is 0 Å². The summed E-state index contributed by atoms with van der Waals surface area (Å²) in [6.07, 6.45) is 2.51. The summed E-state index contributed by atoms with van der Waals surface area (Å²) in [5.74, 6) is 0.530. The van der Waals surface area contributed by atoms with Crippen LogP contribution in [0.1, 0.15) is 30.1 Å². The van der Waals surface area contributed by atoms with Crippen LogP contribution in [0.3, 0.4) is 0 Å². The van der Waals surface area contributed by atoms with Gasteiger partial charge >= 0.3 is 0 Å². The first-order chi connectivity index (χ1) is 13.6. The van der Waals surface area contributed by atoms with Crippen molar-refractivity contribution in [2.75, 3.05) is 13.7 Å². The van der Waals surface area contributed by atoms with Gasteiger partial charge in [-0.3, -0.25) is 4.79 Å². The van der Waals surface area contributed by atoms with Crippen molar-refractivity contribution in [2.45, 2.75) is 25.9 Å². The molecule has 0 bridgehead atoms. The monoisotopic (exact) mass is 379 g/mol. The van der Waals surface area contributed by atoms with E-state index in [-0.39, 0.29) is 5.91 Å². The summed E-state index contributed by atoms with van der Waals surface area (Å²) < 4.78 is 6.92. The third-order valence-corrected chi connectivity index (χ3v) is 4.58. The number of hydrogen-bond donors (Lipinski definition) is 2. The van der Waals surface area contributed by atoms with Crippen molar-refractivity contribution in [2.24, 2.45) is 0 Å². The maximum atomic E-state index is 12.8. The van der Waals surface area contributed by atoms with E-state index in [0.29, 0.717) is 30.6 Å². The molecule has 0 unspecified atom stereocenters. The first kappa shape index (κ1) is 19.6. The van der Waals surface area contributed by atoms with Crippen molar-refractivity contribution < 1.29 is 14.6 Å². The molecule has 1 heterocycles. The predicted octanol–water partition coefficient (Wildman–Crippen LogP) is 3.44. The van der Waals surface area contributed by atoms with Gasteiger partial charge in [-0.25, -0.2) is 4.68 Å². The summed E-state index contributed by atoms with van der Waals surface area (Å²) >= 11 is 0. The van der Waals surface area contributed by atoms with Gasteiger partial charge in [-0.1, -0.05) is 25.1 Å². The molecule has 1 amide bonds. The zero-order valence-corrected chi connectivity index (χ0v) is 16.1. The second-order valence-electron chi connectivity index (χ2n) is 6.51. The van der Waals surface area contributed by atoms with Crippen LogP contribution in [0.2, 0.25) is 0 Å². The molecule has 2 aromatic carbocycles. The Morgan fingerprint density at radius 1 is 1.18 bits per heavy atom. The number of hydrogen-bond acceptors (Lipinski definition) is 4. The quantitative estimate of drug-likeness (QED) is 0.629. The molecule has 0 radical (unpaired) electrons. The molecule has 0 saturated heterocycles. The molecular weight excluding hydrogens is 354 g/mol. The van der Waals surface area contributed by atoms with E-state index in [9.17, 15) is 9.90 Å². The van der Waals surface area contributed by atoms with Crippen LogP contribution in [0.25, 0.3) is 16.9 Å². The fourth-order valence-electron chi connectivity index (χ4n) is 2.87. The molecule has 146 valence electrons. The average molecular weight is 379 g/mol. The summed E-state index contributed by atoms with van der Waals surface area (Å²) in [6, 6.07) is 17.1. The van der Waals surface area contributed by atoms with Gasteiger partial charge < -0.3 is 15.2 Å². The first-order valence-electron chi connectivity index (χ1n) is 9.38. The van der Waals surface area contributed by atoms with Gasteiger partial charge in [0, 0.05) is 18.3 Å².